The molecule has 1 aromatic carbocycles. The van der Waals surface area contributed by atoms with E-state index in [2.05, 4.69) is 34.7 Å². The Morgan fingerprint density at radius 1 is 1.37 bits per heavy atom. The summed E-state index contributed by atoms with van der Waals surface area (Å²) in [6.45, 7) is 4.36. The van der Waals surface area contributed by atoms with Gasteiger partial charge >= 0.3 is 0 Å². The number of aromatic nitrogens is 3. The Kier molecular flexibility index (Phi) is 5.06. The lowest BCUT2D eigenvalue weighted by Gasteiger charge is -2.02. The maximum Gasteiger partial charge on any atom is 0.0969 e. The topological polar surface area (TPSA) is 52.0 Å². The van der Waals surface area contributed by atoms with Crippen LogP contribution >= 0.6 is 0 Å². The lowest BCUT2D eigenvalue weighted by atomic mass is 10.1. The van der Waals surface area contributed by atoms with Crippen molar-refractivity contribution in [3.05, 3.63) is 41.7 Å². The largest absolute Gasteiger partial charge is 0.383 e. The summed E-state index contributed by atoms with van der Waals surface area (Å²) in [5.41, 5.74) is 3.28. The van der Waals surface area contributed by atoms with Gasteiger partial charge in [0, 0.05) is 20.2 Å². The van der Waals surface area contributed by atoms with Crippen LogP contribution in [-0.4, -0.2) is 35.3 Å². The second-order valence-electron chi connectivity index (χ2n) is 4.35. The van der Waals surface area contributed by atoms with Crippen molar-refractivity contribution in [1.29, 1.82) is 0 Å². The molecule has 0 saturated heterocycles. The van der Waals surface area contributed by atoms with Crippen LogP contribution in [0.4, 0.5) is 0 Å². The van der Waals surface area contributed by atoms with Crippen LogP contribution in [0.15, 0.2) is 30.5 Å². The third-order valence-electron chi connectivity index (χ3n) is 2.91. The van der Waals surface area contributed by atoms with Gasteiger partial charge in [-0.15, -0.1) is 5.10 Å². The number of methoxy groups -OCH3 is 1. The van der Waals surface area contributed by atoms with E-state index >= 15 is 0 Å². The number of aryl methyl sites for hydroxylation is 1. The smallest absolute Gasteiger partial charge is 0.0969 e. The third kappa shape index (κ3) is 3.87. The molecule has 0 unspecified atom stereocenters. The highest BCUT2D eigenvalue weighted by molar-refractivity contribution is 5.35. The summed E-state index contributed by atoms with van der Waals surface area (Å²) < 4.78 is 6.79. The van der Waals surface area contributed by atoms with Crippen LogP contribution in [0.5, 0.6) is 0 Å². The maximum atomic E-state index is 4.98. The molecule has 0 amide bonds. The summed E-state index contributed by atoms with van der Waals surface area (Å²) >= 11 is 0. The minimum absolute atomic E-state index is 0.701. The molecule has 1 N–H and O–H groups in total. The van der Waals surface area contributed by atoms with Crippen molar-refractivity contribution in [3.63, 3.8) is 0 Å². The van der Waals surface area contributed by atoms with E-state index in [1.54, 1.807) is 7.11 Å². The van der Waals surface area contributed by atoms with Crippen molar-refractivity contribution >= 4 is 0 Å². The van der Waals surface area contributed by atoms with E-state index in [0.29, 0.717) is 13.2 Å². The van der Waals surface area contributed by atoms with Gasteiger partial charge in [0.25, 0.3) is 0 Å². The molecule has 102 valence electrons. The van der Waals surface area contributed by atoms with Gasteiger partial charge in [0.15, 0.2) is 0 Å². The number of nitrogens with one attached hydrogen (secondary N) is 1. The number of benzene rings is 1. The average molecular weight is 260 g/mol. The molecule has 1 aromatic heterocycles. The Morgan fingerprint density at radius 2 is 2.26 bits per heavy atom. The van der Waals surface area contributed by atoms with Gasteiger partial charge in [0.1, 0.15) is 0 Å². The zero-order chi connectivity index (χ0) is 13.5. The molecule has 19 heavy (non-hydrogen) atoms. The molecule has 2 aromatic rings. The zero-order valence-corrected chi connectivity index (χ0v) is 11.5. The highest BCUT2D eigenvalue weighted by Crippen LogP contribution is 2.10. The Labute approximate surface area is 113 Å². The Bertz CT molecular complexity index is 510. The van der Waals surface area contributed by atoms with Crippen molar-refractivity contribution in [2.45, 2.75) is 19.9 Å². The first-order valence-electron chi connectivity index (χ1n) is 6.53. The number of hydrogen-bond donors (Lipinski definition) is 1. The standard InChI is InChI=1S/C14H20N4O/c1-3-12-5-4-6-14(9-12)18-11-13(16-17-18)10-15-7-8-19-2/h4-6,9,11,15H,3,7-8,10H2,1-2H3. The summed E-state index contributed by atoms with van der Waals surface area (Å²) in [5, 5.41) is 11.6. The van der Waals surface area contributed by atoms with Gasteiger partial charge in [-0.25, -0.2) is 4.68 Å². The molecular weight excluding hydrogens is 240 g/mol. The summed E-state index contributed by atoms with van der Waals surface area (Å²) in [7, 11) is 1.69. The van der Waals surface area contributed by atoms with Crippen LogP contribution in [0, 0.1) is 0 Å². The number of rotatable bonds is 7. The van der Waals surface area contributed by atoms with Crippen molar-refractivity contribution in [3.8, 4) is 5.69 Å². The molecule has 0 radical (unpaired) electrons. The Balaban J connectivity index is 1.99. The Hall–Kier alpha value is -1.72. The molecule has 0 atom stereocenters. The fourth-order valence-corrected chi connectivity index (χ4v) is 1.82. The van der Waals surface area contributed by atoms with E-state index in [-0.39, 0.29) is 0 Å². The molecule has 5 nitrogen and oxygen atoms in total. The zero-order valence-electron chi connectivity index (χ0n) is 11.5. The second kappa shape index (κ2) is 7.01. The molecule has 0 saturated carbocycles. The van der Waals surface area contributed by atoms with Gasteiger partial charge in [-0.3, -0.25) is 0 Å². The summed E-state index contributed by atoms with van der Waals surface area (Å²) in [4.78, 5) is 0. The van der Waals surface area contributed by atoms with Crippen molar-refractivity contribution < 1.29 is 4.74 Å². The molecule has 0 bridgehead atoms. The molecule has 0 aliphatic rings. The fourth-order valence-electron chi connectivity index (χ4n) is 1.82. The minimum atomic E-state index is 0.701. The van der Waals surface area contributed by atoms with Crippen LogP contribution in [-0.2, 0) is 17.7 Å². The number of hydrogen-bond acceptors (Lipinski definition) is 4. The van der Waals surface area contributed by atoms with Crippen LogP contribution in [0.2, 0.25) is 0 Å². The van der Waals surface area contributed by atoms with E-state index in [9.17, 15) is 0 Å². The van der Waals surface area contributed by atoms with Gasteiger partial charge < -0.3 is 10.1 Å². The molecule has 5 heteroatoms. The van der Waals surface area contributed by atoms with E-state index in [0.717, 1.165) is 24.3 Å². The quantitative estimate of drug-likeness (QED) is 0.768. The SMILES string of the molecule is CCc1cccc(-n2cc(CNCCOC)nn2)c1. The molecule has 0 spiro atoms. The number of ether oxygens (including phenoxy) is 1. The van der Waals surface area contributed by atoms with Crippen molar-refractivity contribution in [2.75, 3.05) is 20.3 Å². The van der Waals surface area contributed by atoms with Crippen molar-refractivity contribution in [1.82, 2.24) is 20.3 Å². The molecule has 0 aliphatic carbocycles. The van der Waals surface area contributed by atoms with Gasteiger partial charge in [-0.1, -0.05) is 24.3 Å². The first-order chi connectivity index (χ1) is 9.33. The first-order valence-corrected chi connectivity index (χ1v) is 6.53. The second-order valence-corrected chi connectivity index (χ2v) is 4.35. The van der Waals surface area contributed by atoms with E-state index in [1.165, 1.54) is 5.56 Å². The van der Waals surface area contributed by atoms with Gasteiger partial charge in [-0.2, -0.15) is 0 Å². The van der Waals surface area contributed by atoms with Gasteiger partial charge in [0.05, 0.1) is 24.2 Å². The monoisotopic (exact) mass is 260 g/mol. The summed E-state index contributed by atoms with van der Waals surface area (Å²) in [5.74, 6) is 0. The maximum absolute atomic E-state index is 4.98. The summed E-state index contributed by atoms with van der Waals surface area (Å²) in [6.07, 6.45) is 2.97. The normalized spacial score (nSPS) is 10.8. The number of nitrogens with zero attached hydrogens (tertiary/aromatic N) is 3. The van der Waals surface area contributed by atoms with Gasteiger partial charge in [0.2, 0.25) is 0 Å². The minimum Gasteiger partial charge on any atom is -0.383 e. The predicted molar refractivity (Wildman–Crippen MR) is 74.3 cm³/mol. The van der Waals surface area contributed by atoms with E-state index < -0.39 is 0 Å². The van der Waals surface area contributed by atoms with E-state index in [1.807, 2.05) is 23.0 Å². The molecular formula is C14H20N4O. The highest BCUT2D eigenvalue weighted by Gasteiger charge is 2.03. The lowest BCUT2D eigenvalue weighted by Crippen LogP contribution is -2.18. The molecule has 0 aliphatic heterocycles. The van der Waals surface area contributed by atoms with Crippen molar-refractivity contribution in [2.24, 2.45) is 0 Å². The van der Waals surface area contributed by atoms with Crippen LogP contribution < -0.4 is 5.32 Å². The first kappa shape index (κ1) is 13.7. The van der Waals surface area contributed by atoms with Crippen LogP contribution in [0.1, 0.15) is 18.2 Å². The highest BCUT2D eigenvalue weighted by atomic mass is 16.5. The fraction of sp³-hybridized carbons (Fsp3) is 0.429. The molecule has 1 heterocycles. The van der Waals surface area contributed by atoms with Crippen LogP contribution in [0.25, 0.3) is 5.69 Å². The molecule has 0 fully saturated rings. The average Bonchev–Trinajstić information content (AvgIpc) is 2.92. The molecule has 2 rings (SSSR count). The third-order valence-corrected chi connectivity index (χ3v) is 2.91. The summed E-state index contributed by atoms with van der Waals surface area (Å²) in [6, 6.07) is 8.34. The van der Waals surface area contributed by atoms with Gasteiger partial charge in [-0.05, 0) is 24.1 Å². The van der Waals surface area contributed by atoms with Crippen LogP contribution in [0.3, 0.4) is 0 Å². The van der Waals surface area contributed by atoms with E-state index in [4.69, 9.17) is 4.74 Å². The predicted octanol–water partition coefficient (Wildman–Crippen LogP) is 1.57. The lowest BCUT2D eigenvalue weighted by molar-refractivity contribution is 0.199. The Morgan fingerprint density at radius 3 is 3.05 bits per heavy atom.